The van der Waals surface area contributed by atoms with Crippen LogP contribution in [-0.4, -0.2) is 47.7 Å². The molecule has 0 amide bonds. The van der Waals surface area contributed by atoms with Crippen molar-refractivity contribution in [3.63, 3.8) is 0 Å². The molecule has 0 fully saturated rings. The van der Waals surface area contributed by atoms with Gasteiger partial charge in [0.1, 0.15) is 17.4 Å². The van der Waals surface area contributed by atoms with Crippen LogP contribution in [-0.2, 0) is 13.1 Å². The van der Waals surface area contributed by atoms with E-state index in [1.165, 1.54) is 47.3 Å². The number of anilines is 1. The Balaban J connectivity index is 0.000000371. The summed E-state index contributed by atoms with van der Waals surface area (Å²) in [6, 6.07) is 18.7. The predicted octanol–water partition coefficient (Wildman–Crippen LogP) is 2.72. The number of nitrogens with one attached hydrogen (secondary N) is 2. The molecule has 3 aromatic carbocycles. The Morgan fingerprint density at radius 2 is 1.43 bits per heavy atom. The summed E-state index contributed by atoms with van der Waals surface area (Å²) in [7, 11) is 3.39. The van der Waals surface area contributed by atoms with Crippen LogP contribution >= 0.6 is 0 Å². The lowest BCUT2D eigenvalue weighted by Gasteiger charge is -2.16. The third-order valence-electron chi connectivity index (χ3n) is 5.61. The van der Waals surface area contributed by atoms with Gasteiger partial charge >= 0.3 is 11.4 Å². The third-order valence-corrected chi connectivity index (χ3v) is 5.61. The summed E-state index contributed by atoms with van der Waals surface area (Å²) in [5.74, 6) is 0.255. The number of aromatic nitrogens is 3. The van der Waals surface area contributed by atoms with Gasteiger partial charge in [-0.05, 0) is 66.7 Å². The molecule has 0 atom stereocenters. The van der Waals surface area contributed by atoms with E-state index in [2.05, 4.69) is 20.6 Å². The third kappa shape index (κ3) is 8.60. The molecular formula is C28H31F2N7O3. The number of likely N-dealkylation sites (N-methyl/N-ethyl adjacent to an activating group) is 1. The SMILES string of the molecule is CNCCNc1nc(=O)n(Cc2ccc(F)cc2)c(=O)n1Cc1ccc(OC)cc1.NC=Nc1ccc(F)cc1. The van der Waals surface area contributed by atoms with Gasteiger partial charge in [-0.25, -0.2) is 27.9 Å². The average molecular weight is 552 g/mol. The van der Waals surface area contributed by atoms with E-state index in [1.54, 1.807) is 38.4 Å². The molecule has 0 aliphatic heterocycles. The lowest BCUT2D eigenvalue weighted by molar-refractivity contribution is 0.414. The van der Waals surface area contributed by atoms with E-state index in [4.69, 9.17) is 10.5 Å². The zero-order valence-corrected chi connectivity index (χ0v) is 22.2. The van der Waals surface area contributed by atoms with Crippen LogP contribution < -0.4 is 32.5 Å². The highest BCUT2D eigenvalue weighted by Gasteiger charge is 2.14. The molecule has 4 N–H and O–H groups in total. The zero-order chi connectivity index (χ0) is 28.9. The Morgan fingerprint density at radius 1 is 0.875 bits per heavy atom. The molecule has 10 nitrogen and oxygen atoms in total. The smallest absolute Gasteiger partial charge is 0.355 e. The number of hydrogen-bond acceptors (Lipinski definition) is 7. The summed E-state index contributed by atoms with van der Waals surface area (Å²) in [6.45, 7) is 1.36. The fourth-order valence-electron chi connectivity index (χ4n) is 3.54. The number of nitrogens with zero attached hydrogens (tertiary/aromatic N) is 4. The van der Waals surface area contributed by atoms with E-state index in [0.717, 1.165) is 10.1 Å². The Hall–Kier alpha value is -4.84. The molecule has 40 heavy (non-hydrogen) atoms. The summed E-state index contributed by atoms with van der Waals surface area (Å²) in [5, 5.41) is 6.03. The highest BCUT2D eigenvalue weighted by molar-refractivity contribution is 5.58. The van der Waals surface area contributed by atoms with E-state index in [9.17, 15) is 18.4 Å². The molecular weight excluding hydrogens is 520 g/mol. The quantitative estimate of drug-likeness (QED) is 0.157. The van der Waals surface area contributed by atoms with Crippen LogP contribution in [0.3, 0.4) is 0 Å². The van der Waals surface area contributed by atoms with E-state index in [0.29, 0.717) is 30.1 Å². The number of hydrogen-bond donors (Lipinski definition) is 3. The first-order valence-corrected chi connectivity index (χ1v) is 12.3. The second-order valence-corrected chi connectivity index (χ2v) is 8.43. The molecule has 4 rings (SSSR count). The molecule has 0 saturated heterocycles. The van der Waals surface area contributed by atoms with Gasteiger partial charge in [0.05, 0.1) is 32.2 Å². The lowest BCUT2D eigenvalue weighted by atomic mass is 10.2. The van der Waals surface area contributed by atoms with Crippen molar-refractivity contribution < 1.29 is 13.5 Å². The molecule has 0 aliphatic carbocycles. The molecule has 0 radical (unpaired) electrons. The fourth-order valence-corrected chi connectivity index (χ4v) is 3.54. The number of methoxy groups -OCH3 is 1. The van der Waals surface area contributed by atoms with Crippen LogP contribution in [0.4, 0.5) is 20.4 Å². The van der Waals surface area contributed by atoms with Crippen molar-refractivity contribution in [1.29, 1.82) is 0 Å². The van der Waals surface area contributed by atoms with E-state index in [-0.39, 0.29) is 30.7 Å². The number of nitrogens with two attached hydrogens (primary N) is 1. The minimum atomic E-state index is -0.665. The first-order valence-electron chi connectivity index (χ1n) is 12.3. The van der Waals surface area contributed by atoms with Crippen LogP contribution in [0.5, 0.6) is 5.75 Å². The minimum absolute atomic E-state index is 0.00432. The summed E-state index contributed by atoms with van der Waals surface area (Å²) in [6.07, 6.45) is 1.17. The zero-order valence-electron chi connectivity index (χ0n) is 22.2. The van der Waals surface area contributed by atoms with Crippen molar-refractivity contribution >= 4 is 18.0 Å². The Bertz CT molecular complexity index is 1500. The molecule has 0 unspecified atom stereocenters. The van der Waals surface area contributed by atoms with Crippen molar-refractivity contribution in [2.75, 3.05) is 32.6 Å². The summed E-state index contributed by atoms with van der Waals surface area (Å²) in [4.78, 5) is 33.5. The van der Waals surface area contributed by atoms with Gasteiger partial charge in [-0.3, -0.25) is 4.57 Å². The molecule has 4 aromatic rings. The number of rotatable bonds is 10. The maximum Gasteiger partial charge on any atom is 0.355 e. The normalized spacial score (nSPS) is 10.7. The summed E-state index contributed by atoms with van der Waals surface area (Å²) < 4.78 is 33.1. The number of ether oxygens (including phenoxy) is 1. The second-order valence-electron chi connectivity index (χ2n) is 8.43. The molecule has 0 aliphatic rings. The monoisotopic (exact) mass is 551 g/mol. The van der Waals surface area contributed by atoms with Gasteiger partial charge in [0.2, 0.25) is 5.95 Å². The van der Waals surface area contributed by atoms with Gasteiger partial charge in [-0.15, -0.1) is 0 Å². The van der Waals surface area contributed by atoms with Gasteiger partial charge in [0.15, 0.2) is 0 Å². The van der Waals surface area contributed by atoms with Crippen LogP contribution in [0.25, 0.3) is 0 Å². The van der Waals surface area contributed by atoms with E-state index >= 15 is 0 Å². The highest BCUT2D eigenvalue weighted by Crippen LogP contribution is 2.13. The van der Waals surface area contributed by atoms with Crippen molar-refractivity contribution in [3.05, 3.63) is 117 Å². The van der Waals surface area contributed by atoms with Crippen LogP contribution in [0.15, 0.2) is 87.4 Å². The van der Waals surface area contributed by atoms with Gasteiger partial charge in [0, 0.05) is 13.1 Å². The van der Waals surface area contributed by atoms with E-state index in [1.807, 2.05) is 12.1 Å². The first kappa shape index (κ1) is 29.7. The van der Waals surface area contributed by atoms with Crippen LogP contribution in [0.1, 0.15) is 11.1 Å². The molecule has 1 heterocycles. The summed E-state index contributed by atoms with van der Waals surface area (Å²) in [5.41, 5.74) is 5.99. The Labute approximate surface area is 229 Å². The van der Waals surface area contributed by atoms with Crippen molar-refractivity contribution in [2.45, 2.75) is 13.1 Å². The average Bonchev–Trinajstić information content (AvgIpc) is 2.96. The van der Waals surface area contributed by atoms with Gasteiger partial charge in [-0.2, -0.15) is 4.98 Å². The van der Waals surface area contributed by atoms with Crippen molar-refractivity contribution in [2.24, 2.45) is 10.7 Å². The number of aliphatic imine (C=N–C) groups is 1. The van der Waals surface area contributed by atoms with Gasteiger partial charge < -0.3 is 21.1 Å². The van der Waals surface area contributed by atoms with Crippen molar-refractivity contribution in [3.8, 4) is 5.75 Å². The number of halogens is 2. The van der Waals surface area contributed by atoms with Crippen molar-refractivity contribution in [1.82, 2.24) is 19.4 Å². The molecule has 210 valence electrons. The maximum atomic E-state index is 13.2. The number of benzene rings is 3. The van der Waals surface area contributed by atoms with Gasteiger partial charge in [0.25, 0.3) is 0 Å². The standard InChI is InChI=1S/C21H24FN5O3.C7H7FN2/c1-23-11-12-24-19-25-20(28)27(14-15-3-7-17(22)8-4-15)21(29)26(19)13-16-5-9-18(30-2)10-6-16;8-6-1-3-7(4-2-6)10-5-9/h3-10,23H,11-14H2,1-2H3,(H,24,25,28);1-5H,(H2,9,10). The highest BCUT2D eigenvalue weighted by atomic mass is 19.1. The van der Waals surface area contributed by atoms with Crippen LogP contribution in [0, 0.1) is 11.6 Å². The van der Waals surface area contributed by atoms with E-state index < -0.39 is 11.4 Å². The molecule has 0 spiro atoms. The second kappa shape index (κ2) is 14.9. The summed E-state index contributed by atoms with van der Waals surface area (Å²) >= 11 is 0. The molecule has 12 heteroatoms. The first-order chi connectivity index (χ1) is 19.3. The Morgan fingerprint density at radius 3 is 1.98 bits per heavy atom. The van der Waals surface area contributed by atoms with Crippen LogP contribution in [0.2, 0.25) is 0 Å². The molecule has 1 aromatic heterocycles. The topological polar surface area (TPSA) is 129 Å². The lowest BCUT2D eigenvalue weighted by Crippen LogP contribution is -2.43. The predicted molar refractivity (Wildman–Crippen MR) is 152 cm³/mol. The van der Waals surface area contributed by atoms with Gasteiger partial charge in [-0.1, -0.05) is 24.3 Å². The maximum absolute atomic E-state index is 13.2. The molecule has 0 saturated carbocycles. The fraction of sp³-hybridized carbons (Fsp3) is 0.214. The Kier molecular flexibility index (Phi) is 11.1. The minimum Gasteiger partial charge on any atom is -0.497 e. The largest absolute Gasteiger partial charge is 0.497 e. The molecule has 0 bridgehead atoms.